The van der Waals surface area contributed by atoms with Crippen LogP contribution < -0.4 is 4.74 Å². The van der Waals surface area contributed by atoms with Crippen LogP contribution in [0.3, 0.4) is 0 Å². The Balaban J connectivity index is 1.69. The second-order valence-corrected chi connectivity index (χ2v) is 8.45. The second kappa shape index (κ2) is 10.3. The van der Waals surface area contributed by atoms with Crippen molar-refractivity contribution in [3.63, 3.8) is 0 Å². The van der Waals surface area contributed by atoms with Gasteiger partial charge in [-0.25, -0.2) is 13.2 Å². The Morgan fingerprint density at radius 3 is 2.19 bits per heavy atom. The third kappa shape index (κ3) is 5.59. The van der Waals surface area contributed by atoms with Gasteiger partial charge in [0.05, 0.1) is 5.56 Å². The molecule has 1 aliphatic rings. The van der Waals surface area contributed by atoms with Crippen LogP contribution in [0, 0.1) is 34.7 Å². The molecule has 0 unspecified atom stereocenters. The third-order valence-corrected chi connectivity index (χ3v) is 6.21. The molecule has 0 amide bonds. The molecule has 1 aliphatic carbocycles. The van der Waals surface area contributed by atoms with Crippen molar-refractivity contribution < 1.29 is 26.7 Å². The van der Waals surface area contributed by atoms with Gasteiger partial charge in [0.25, 0.3) is 0 Å². The van der Waals surface area contributed by atoms with Gasteiger partial charge in [-0.3, -0.25) is 0 Å². The number of hydrogen-bond acceptors (Lipinski definition) is 2. The summed E-state index contributed by atoms with van der Waals surface area (Å²) in [6.07, 6.45) is 4.57. The van der Waals surface area contributed by atoms with E-state index in [0.29, 0.717) is 23.6 Å². The molecule has 1 fully saturated rings. The number of halogens is 5. The quantitative estimate of drug-likeness (QED) is 0.301. The highest BCUT2D eigenvalue weighted by Crippen LogP contribution is 2.40. The smallest absolute Gasteiger partial charge is 0.429 e. The van der Waals surface area contributed by atoms with Crippen LogP contribution in [0.4, 0.5) is 22.0 Å². The number of ether oxygens (including phenoxy) is 1. The van der Waals surface area contributed by atoms with Crippen molar-refractivity contribution in [3.8, 4) is 11.8 Å². The zero-order chi connectivity index (χ0) is 23.3. The van der Waals surface area contributed by atoms with Crippen molar-refractivity contribution in [1.82, 2.24) is 0 Å². The average molecular weight is 451 g/mol. The Hall–Kier alpha value is -2.62. The number of alkyl halides is 2. The molecule has 2 nitrogen and oxygen atoms in total. The molecule has 0 heterocycles. The normalized spacial score (nSPS) is 18.9. The van der Waals surface area contributed by atoms with Gasteiger partial charge >= 0.3 is 6.11 Å². The molecule has 0 bridgehead atoms. The minimum atomic E-state index is -4.15. The van der Waals surface area contributed by atoms with Crippen molar-refractivity contribution in [2.75, 3.05) is 0 Å². The Labute approximate surface area is 185 Å². The zero-order valence-corrected chi connectivity index (χ0v) is 17.9. The van der Waals surface area contributed by atoms with E-state index in [-0.39, 0.29) is 5.92 Å². The minimum absolute atomic E-state index is 0.122. The molecule has 2 aromatic rings. The fourth-order valence-electron chi connectivity index (χ4n) is 4.41. The van der Waals surface area contributed by atoms with Crippen LogP contribution in [0.2, 0.25) is 0 Å². The number of rotatable bonds is 8. The zero-order valence-electron chi connectivity index (χ0n) is 17.9. The number of benzene rings is 2. The van der Waals surface area contributed by atoms with E-state index in [2.05, 4.69) is 11.7 Å². The fraction of sp³-hybridized carbons (Fsp3) is 0.480. The Morgan fingerprint density at radius 1 is 0.969 bits per heavy atom. The fourth-order valence-corrected chi connectivity index (χ4v) is 4.41. The number of hydrogen-bond donors (Lipinski definition) is 0. The summed E-state index contributed by atoms with van der Waals surface area (Å²) in [5, 5.41) is 8.66. The van der Waals surface area contributed by atoms with Crippen LogP contribution in [-0.4, -0.2) is 0 Å². The standard InChI is InChI=1S/C25H26F5NO/c1-2-3-4-5-16-6-8-17(9-7-16)18-10-11-21(24(28)12-18)25(29,30)32-19-13-22(26)20(15-31)23(27)14-19/h10-14,16-17H,2-9H2,1H3/t16-,17-. The monoisotopic (exact) mass is 451 g/mol. The summed E-state index contributed by atoms with van der Waals surface area (Å²) in [6, 6.07) is 5.78. The summed E-state index contributed by atoms with van der Waals surface area (Å²) in [6.45, 7) is 2.17. The first-order chi connectivity index (χ1) is 15.2. The summed E-state index contributed by atoms with van der Waals surface area (Å²) < 4.78 is 75.5. The minimum Gasteiger partial charge on any atom is -0.429 e. The van der Waals surface area contributed by atoms with Crippen LogP contribution in [0.15, 0.2) is 30.3 Å². The molecule has 2 aromatic carbocycles. The molecule has 0 aromatic heterocycles. The van der Waals surface area contributed by atoms with Crippen molar-refractivity contribution in [2.24, 2.45) is 5.92 Å². The third-order valence-electron chi connectivity index (χ3n) is 6.21. The lowest BCUT2D eigenvalue weighted by molar-refractivity contribution is -0.187. The van der Waals surface area contributed by atoms with Crippen molar-refractivity contribution >= 4 is 0 Å². The van der Waals surface area contributed by atoms with Gasteiger partial charge in [-0.05, 0) is 55.2 Å². The topological polar surface area (TPSA) is 33.0 Å². The summed E-state index contributed by atoms with van der Waals surface area (Å²) >= 11 is 0. The SMILES string of the molecule is CCCCC[C@H]1CC[C@H](c2ccc(C(F)(F)Oc3cc(F)c(C#N)c(F)c3)c(F)c2)CC1. The predicted octanol–water partition coefficient (Wildman–Crippen LogP) is 7.96. The van der Waals surface area contributed by atoms with E-state index in [4.69, 9.17) is 5.26 Å². The molecule has 0 N–H and O–H groups in total. The van der Waals surface area contributed by atoms with Gasteiger partial charge in [0.15, 0.2) is 0 Å². The van der Waals surface area contributed by atoms with Crippen LogP contribution in [0.5, 0.6) is 5.75 Å². The molecule has 1 saturated carbocycles. The van der Waals surface area contributed by atoms with Gasteiger partial charge in [-0.1, -0.05) is 38.7 Å². The maximum Gasteiger partial charge on any atom is 0.429 e. The average Bonchev–Trinajstić information content (AvgIpc) is 2.73. The Morgan fingerprint density at radius 2 is 1.62 bits per heavy atom. The maximum absolute atomic E-state index is 14.6. The van der Waals surface area contributed by atoms with Crippen molar-refractivity contribution in [2.45, 2.75) is 70.3 Å². The van der Waals surface area contributed by atoms with Crippen LogP contribution >= 0.6 is 0 Å². The first-order valence-electron chi connectivity index (χ1n) is 11.0. The first-order valence-corrected chi connectivity index (χ1v) is 11.0. The van der Waals surface area contributed by atoms with Gasteiger partial charge in [0.1, 0.15) is 34.8 Å². The van der Waals surface area contributed by atoms with E-state index >= 15 is 0 Å². The summed E-state index contributed by atoms with van der Waals surface area (Å²) in [5.41, 5.74) is -1.25. The summed E-state index contributed by atoms with van der Waals surface area (Å²) in [5.74, 6) is -3.84. The Bertz CT molecular complexity index is 954. The van der Waals surface area contributed by atoms with E-state index in [1.165, 1.54) is 37.8 Å². The van der Waals surface area contributed by atoms with Crippen molar-refractivity contribution in [1.29, 1.82) is 5.26 Å². The van der Waals surface area contributed by atoms with Gasteiger partial charge in [0, 0.05) is 12.1 Å². The molecule has 172 valence electrons. The molecule has 32 heavy (non-hydrogen) atoms. The van der Waals surface area contributed by atoms with Crippen LogP contribution in [0.1, 0.15) is 80.9 Å². The maximum atomic E-state index is 14.6. The predicted molar refractivity (Wildman–Crippen MR) is 111 cm³/mol. The molecular formula is C25H26F5NO. The molecule has 0 saturated heterocycles. The van der Waals surface area contributed by atoms with E-state index in [1.807, 2.05) is 0 Å². The van der Waals surface area contributed by atoms with E-state index < -0.39 is 40.4 Å². The van der Waals surface area contributed by atoms with Gasteiger partial charge in [-0.2, -0.15) is 14.0 Å². The van der Waals surface area contributed by atoms with E-state index in [0.717, 1.165) is 37.8 Å². The summed E-state index contributed by atoms with van der Waals surface area (Å²) in [7, 11) is 0. The van der Waals surface area contributed by atoms with Crippen LogP contribution in [-0.2, 0) is 6.11 Å². The molecule has 0 radical (unpaired) electrons. The van der Waals surface area contributed by atoms with Crippen molar-refractivity contribution in [3.05, 3.63) is 64.5 Å². The number of nitrogens with zero attached hydrogens (tertiary/aromatic N) is 1. The largest absolute Gasteiger partial charge is 0.429 e. The highest BCUT2D eigenvalue weighted by Gasteiger charge is 2.38. The van der Waals surface area contributed by atoms with Crippen LogP contribution in [0.25, 0.3) is 0 Å². The molecule has 0 atom stereocenters. The lowest BCUT2D eigenvalue weighted by Gasteiger charge is -2.29. The van der Waals surface area contributed by atoms with E-state index in [9.17, 15) is 22.0 Å². The van der Waals surface area contributed by atoms with Gasteiger partial charge < -0.3 is 4.74 Å². The molecule has 0 spiro atoms. The summed E-state index contributed by atoms with van der Waals surface area (Å²) in [4.78, 5) is 0. The lowest BCUT2D eigenvalue weighted by atomic mass is 9.77. The van der Waals surface area contributed by atoms with E-state index in [1.54, 1.807) is 0 Å². The van der Waals surface area contributed by atoms with Gasteiger partial charge in [0.2, 0.25) is 0 Å². The molecule has 3 rings (SSSR count). The second-order valence-electron chi connectivity index (χ2n) is 8.45. The molecular weight excluding hydrogens is 425 g/mol. The van der Waals surface area contributed by atoms with Gasteiger partial charge in [-0.15, -0.1) is 0 Å². The molecule has 7 heteroatoms. The Kier molecular flexibility index (Phi) is 7.76. The number of unbranched alkanes of at least 4 members (excludes halogenated alkanes) is 2. The highest BCUT2D eigenvalue weighted by atomic mass is 19.3. The highest BCUT2D eigenvalue weighted by molar-refractivity contribution is 5.38. The lowest BCUT2D eigenvalue weighted by Crippen LogP contribution is -2.24. The molecule has 0 aliphatic heterocycles. The first kappa shape index (κ1) is 24.0. The number of nitriles is 1.